The van der Waals surface area contributed by atoms with Crippen molar-refractivity contribution in [2.75, 3.05) is 6.61 Å². The number of amides is 1. The molecule has 4 aromatic rings. The second-order valence-electron chi connectivity index (χ2n) is 20.7. The van der Waals surface area contributed by atoms with E-state index in [1.54, 1.807) is 66.7 Å². The SMILES string of the molecule is CC(=O)O[C@H]1C(=O)[C@]2(C)C(OC(=O)CC(=O)Cc3ccc(C(=O)O)cc3)C[C@H]3OC[C@@]3(OC(C)=O)[C@H]2[C@H](OC(=O)c2ccccc2)[C@]2(O)C[C@H](OC(=O)[C@H](O)[C@@H](NC(=O)c3ccccc3)c3ccccc3)C(C)=C1C2(C)C. The third-order valence-corrected chi connectivity index (χ3v) is 15.7. The predicted octanol–water partition coefficient (Wildman–Crippen LogP) is 5.19. The highest BCUT2D eigenvalue weighted by molar-refractivity contribution is 5.99. The average molecular weight is 1060 g/mol. The molecule has 3 aliphatic carbocycles. The number of hydrogen-bond donors (Lipinski definition) is 4. The zero-order valence-electron chi connectivity index (χ0n) is 43.1. The highest BCUT2D eigenvalue weighted by Gasteiger charge is 2.79. The summed E-state index contributed by atoms with van der Waals surface area (Å²) in [6.45, 7) is 7.52. The number of aliphatic hydroxyl groups excluding tert-OH is 1. The second-order valence-corrected chi connectivity index (χ2v) is 20.7. The molecule has 8 rings (SSSR count). The Morgan fingerprint density at radius 2 is 1.35 bits per heavy atom. The van der Waals surface area contributed by atoms with E-state index < -0.39 is 143 Å². The molecule has 2 bridgehead atoms. The number of Topliss-reactive ketones (excluding diaryl/α,β-unsaturated/α-hetero) is 2. The first-order chi connectivity index (χ1) is 36.4. The Morgan fingerprint density at radius 3 is 1.91 bits per heavy atom. The number of hydrogen-bond acceptors (Lipinski definition) is 17. The summed E-state index contributed by atoms with van der Waals surface area (Å²) in [5.41, 5.74) is -7.76. The lowest BCUT2D eigenvalue weighted by Gasteiger charge is -2.67. The van der Waals surface area contributed by atoms with Crippen molar-refractivity contribution >= 4 is 53.3 Å². The van der Waals surface area contributed by atoms with Crippen molar-refractivity contribution in [2.45, 2.75) is 121 Å². The number of esters is 5. The minimum absolute atomic E-state index is 0.0158. The zero-order chi connectivity index (χ0) is 55.8. The lowest BCUT2D eigenvalue weighted by atomic mass is 9.44. The van der Waals surface area contributed by atoms with Gasteiger partial charge in [-0.3, -0.25) is 28.8 Å². The lowest BCUT2D eigenvalue weighted by molar-refractivity contribution is -0.346. The van der Waals surface area contributed by atoms with Crippen molar-refractivity contribution in [1.82, 2.24) is 5.32 Å². The van der Waals surface area contributed by atoms with Crippen LogP contribution in [0.1, 0.15) is 109 Å². The van der Waals surface area contributed by atoms with Gasteiger partial charge in [0.2, 0.25) is 0 Å². The van der Waals surface area contributed by atoms with Crippen LogP contribution in [0.25, 0.3) is 0 Å². The fourth-order valence-electron chi connectivity index (χ4n) is 11.7. The molecule has 0 radical (unpaired) electrons. The monoisotopic (exact) mass is 1060 g/mol. The van der Waals surface area contributed by atoms with Gasteiger partial charge in [0, 0.05) is 44.1 Å². The standard InChI is InChI=1S/C58H59NO18/c1-31-40(74-54(70)46(64)45(35-16-10-7-11-17-35)59-51(66)36-18-12-8-13-19-36)29-58(71)50(76-53(69)38-20-14-9-15-21-38)48-56(6,49(65)47(73-32(2)60)44(31)55(58,4)5)41(28-42-57(48,30-72-42)77-33(3)61)75-43(63)27-39(62)26-34-22-24-37(25-23-34)52(67)68/h7-25,40-42,45-48,50,64,71H,26-30H2,1-6H3,(H,59,66)(H,67,68)/t40-,41?,42+,45-,46+,47+,48-,50-,56+,57-,58+/m0/s1. The Morgan fingerprint density at radius 1 is 0.753 bits per heavy atom. The number of carboxylic acids is 1. The molecule has 11 atom stereocenters. The first kappa shape index (κ1) is 55.4. The molecule has 4 aromatic carbocycles. The third kappa shape index (κ3) is 10.4. The summed E-state index contributed by atoms with van der Waals surface area (Å²) in [5.74, 6) is -10.5. The van der Waals surface area contributed by atoms with Crippen LogP contribution in [0, 0.1) is 16.7 Å². The van der Waals surface area contributed by atoms with Crippen LogP contribution in [0.3, 0.4) is 0 Å². The van der Waals surface area contributed by atoms with E-state index in [-0.39, 0.29) is 40.7 Å². The molecule has 0 aromatic heterocycles. The van der Waals surface area contributed by atoms with E-state index in [1.165, 1.54) is 76.2 Å². The number of ketones is 2. The molecule has 1 heterocycles. The fraction of sp³-hybridized carbons (Fsp3) is 0.397. The van der Waals surface area contributed by atoms with Crippen molar-refractivity contribution in [3.05, 3.63) is 154 Å². The van der Waals surface area contributed by atoms with Gasteiger partial charge in [0.1, 0.15) is 42.2 Å². The molecule has 0 spiro atoms. The van der Waals surface area contributed by atoms with Crippen molar-refractivity contribution in [2.24, 2.45) is 16.7 Å². The molecule has 2 saturated carbocycles. The Kier molecular flexibility index (Phi) is 15.6. The number of ether oxygens (including phenoxy) is 6. The van der Waals surface area contributed by atoms with Crippen LogP contribution in [0.2, 0.25) is 0 Å². The van der Waals surface area contributed by atoms with E-state index in [9.17, 15) is 53.7 Å². The van der Waals surface area contributed by atoms with Crippen LogP contribution in [0.15, 0.2) is 126 Å². The number of fused-ring (bicyclic) bond motifs is 5. The molecule has 3 fully saturated rings. The van der Waals surface area contributed by atoms with E-state index in [1.807, 2.05) is 0 Å². The number of aliphatic hydroxyl groups is 2. The minimum Gasteiger partial charge on any atom is -0.478 e. The molecular weight excluding hydrogens is 999 g/mol. The van der Waals surface area contributed by atoms with E-state index >= 15 is 4.79 Å². The van der Waals surface area contributed by atoms with Gasteiger partial charge in [-0.15, -0.1) is 0 Å². The largest absolute Gasteiger partial charge is 0.478 e. The van der Waals surface area contributed by atoms with Gasteiger partial charge in [0.05, 0.1) is 35.1 Å². The van der Waals surface area contributed by atoms with Crippen molar-refractivity contribution < 1.29 is 86.9 Å². The van der Waals surface area contributed by atoms with Gasteiger partial charge in [-0.2, -0.15) is 0 Å². The van der Waals surface area contributed by atoms with Gasteiger partial charge in [0.25, 0.3) is 5.91 Å². The molecule has 1 aliphatic heterocycles. The third-order valence-electron chi connectivity index (χ3n) is 15.7. The van der Waals surface area contributed by atoms with E-state index in [2.05, 4.69) is 5.32 Å². The summed E-state index contributed by atoms with van der Waals surface area (Å²) in [6, 6.07) is 27.8. The van der Waals surface area contributed by atoms with Crippen LogP contribution >= 0.6 is 0 Å². The summed E-state index contributed by atoms with van der Waals surface area (Å²) in [7, 11) is 0. The second kappa shape index (κ2) is 21.6. The molecule has 4 N–H and O–H groups in total. The molecule has 404 valence electrons. The molecule has 1 amide bonds. The Labute approximate surface area is 442 Å². The Hall–Kier alpha value is -7.87. The number of nitrogens with one attached hydrogen (secondary N) is 1. The molecule has 1 unspecified atom stereocenters. The maximum Gasteiger partial charge on any atom is 0.338 e. The quantitative estimate of drug-likeness (QED) is 0.0486. The van der Waals surface area contributed by atoms with Gasteiger partial charge < -0.3 is 49.1 Å². The normalized spacial score (nSPS) is 27.7. The maximum absolute atomic E-state index is 16.3. The zero-order valence-corrected chi connectivity index (χ0v) is 43.1. The molecule has 4 aliphatic rings. The highest BCUT2D eigenvalue weighted by atomic mass is 16.6. The Balaban J connectivity index is 1.26. The summed E-state index contributed by atoms with van der Waals surface area (Å²) < 4.78 is 37.1. The van der Waals surface area contributed by atoms with Gasteiger partial charge >= 0.3 is 35.8 Å². The summed E-state index contributed by atoms with van der Waals surface area (Å²) >= 11 is 0. The lowest BCUT2D eigenvalue weighted by Crippen LogP contribution is -2.82. The number of carbonyl (C=O) groups is 9. The van der Waals surface area contributed by atoms with E-state index in [4.69, 9.17) is 28.4 Å². The number of aromatic carboxylic acids is 1. The van der Waals surface area contributed by atoms with Gasteiger partial charge in [-0.1, -0.05) is 92.7 Å². The Bertz CT molecular complexity index is 3010. The molecule has 19 heteroatoms. The summed E-state index contributed by atoms with van der Waals surface area (Å²) in [5, 5.41) is 38.1. The fourth-order valence-corrected chi connectivity index (χ4v) is 11.7. The number of rotatable bonds is 16. The maximum atomic E-state index is 16.3. The van der Waals surface area contributed by atoms with E-state index in [0.29, 0.717) is 11.1 Å². The van der Waals surface area contributed by atoms with Gasteiger partial charge in [-0.05, 0) is 72.5 Å². The summed E-state index contributed by atoms with van der Waals surface area (Å²) in [6.07, 6.45) is -12.8. The van der Waals surface area contributed by atoms with E-state index in [0.717, 1.165) is 13.8 Å². The predicted molar refractivity (Wildman–Crippen MR) is 268 cm³/mol. The summed E-state index contributed by atoms with van der Waals surface area (Å²) in [4.78, 5) is 125. The van der Waals surface area contributed by atoms with Gasteiger partial charge in [-0.25, -0.2) is 14.4 Å². The topological polar surface area (TPSA) is 282 Å². The average Bonchev–Trinajstić information content (AvgIpc) is 3.58. The van der Waals surface area contributed by atoms with Crippen molar-refractivity contribution in [3.8, 4) is 0 Å². The smallest absolute Gasteiger partial charge is 0.338 e. The molecule has 1 saturated heterocycles. The number of benzene rings is 4. The van der Waals surface area contributed by atoms with Crippen LogP contribution in [0.5, 0.6) is 0 Å². The first-order valence-corrected chi connectivity index (χ1v) is 25.0. The molecular formula is C58H59NO18. The van der Waals surface area contributed by atoms with Gasteiger partial charge in [0.15, 0.2) is 23.6 Å². The molecule has 77 heavy (non-hydrogen) atoms. The number of carboxylic acid groups (broad SMARTS) is 1. The molecule has 19 nitrogen and oxygen atoms in total. The number of carbonyl (C=O) groups excluding carboxylic acids is 8. The van der Waals surface area contributed by atoms with Crippen LogP contribution < -0.4 is 5.32 Å². The first-order valence-electron chi connectivity index (χ1n) is 25.0. The van der Waals surface area contributed by atoms with Crippen LogP contribution in [-0.2, 0) is 63.6 Å². The van der Waals surface area contributed by atoms with Crippen molar-refractivity contribution in [3.63, 3.8) is 0 Å². The van der Waals surface area contributed by atoms with Crippen molar-refractivity contribution in [1.29, 1.82) is 0 Å². The van der Waals surface area contributed by atoms with Crippen LogP contribution in [0.4, 0.5) is 0 Å². The minimum atomic E-state index is -2.56. The van der Waals surface area contributed by atoms with Crippen LogP contribution in [-0.4, -0.2) is 123 Å². The highest BCUT2D eigenvalue weighted by Crippen LogP contribution is 2.65.